The van der Waals surface area contributed by atoms with Crippen LogP contribution >= 0.6 is 0 Å². The first-order valence-corrected chi connectivity index (χ1v) is 5.18. The number of hydrogen-bond acceptors (Lipinski definition) is 5. The predicted octanol–water partition coefficient (Wildman–Crippen LogP) is 0.840. The zero-order valence-electron chi connectivity index (χ0n) is 9.05. The molecule has 1 saturated heterocycles. The molecule has 1 atom stereocenters. The Kier molecular flexibility index (Phi) is 3.06. The summed E-state index contributed by atoms with van der Waals surface area (Å²) in [5.74, 6) is -1.21. The lowest BCUT2D eigenvalue weighted by molar-refractivity contribution is 0.0697. The molecule has 0 radical (unpaired) electrons. The monoisotopic (exact) mass is 239 g/mol. The molecular formula is C11H13NO5. The topological polar surface area (TPSA) is 102 Å². The highest BCUT2D eigenvalue weighted by atomic mass is 16.5. The average Bonchev–Trinajstić information content (AvgIpc) is 2.74. The molecule has 1 aliphatic rings. The summed E-state index contributed by atoms with van der Waals surface area (Å²) in [5, 5.41) is 18.5. The molecule has 1 aromatic rings. The summed E-state index contributed by atoms with van der Waals surface area (Å²) < 4.78 is 10.6. The van der Waals surface area contributed by atoms with Gasteiger partial charge in [-0.3, -0.25) is 0 Å². The van der Waals surface area contributed by atoms with Crippen LogP contribution in [-0.2, 0) is 4.74 Å². The second kappa shape index (κ2) is 4.50. The first-order valence-electron chi connectivity index (χ1n) is 5.18. The maximum absolute atomic E-state index is 10.9. The minimum atomic E-state index is -1.16. The predicted molar refractivity (Wildman–Crippen MR) is 59.3 cm³/mol. The Morgan fingerprint density at radius 2 is 2.29 bits per heavy atom. The van der Waals surface area contributed by atoms with E-state index in [1.807, 2.05) is 0 Å². The molecule has 6 nitrogen and oxygen atoms in total. The number of carboxylic acid groups (broad SMARTS) is 1. The van der Waals surface area contributed by atoms with Gasteiger partial charge in [0.05, 0.1) is 24.5 Å². The molecule has 0 saturated carbocycles. The number of aromatic carboxylic acids is 1. The number of hydrogen-bond donors (Lipinski definition) is 3. The molecule has 1 fully saturated rings. The van der Waals surface area contributed by atoms with E-state index in [1.165, 1.54) is 12.1 Å². The lowest BCUT2D eigenvalue weighted by atomic mass is 10.1. The highest BCUT2D eigenvalue weighted by Gasteiger charge is 2.20. The normalized spacial score (nSPS) is 19.2. The van der Waals surface area contributed by atoms with Gasteiger partial charge >= 0.3 is 5.97 Å². The van der Waals surface area contributed by atoms with Crippen LogP contribution in [0.25, 0.3) is 0 Å². The van der Waals surface area contributed by atoms with Crippen LogP contribution in [0.1, 0.15) is 16.8 Å². The van der Waals surface area contributed by atoms with Crippen molar-refractivity contribution in [3.63, 3.8) is 0 Å². The van der Waals surface area contributed by atoms with E-state index in [1.54, 1.807) is 0 Å². The molecule has 0 aromatic heterocycles. The first-order chi connectivity index (χ1) is 8.08. The van der Waals surface area contributed by atoms with Gasteiger partial charge in [-0.1, -0.05) is 0 Å². The van der Waals surface area contributed by atoms with Gasteiger partial charge in [-0.15, -0.1) is 0 Å². The number of phenols is 1. The van der Waals surface area contributed by atoms with Gasteiger partial charge in [0.25, 0.3) is 0 Å². The van der Waals surface area contributed by atoms with Crippen molar-refractivity contribution in [2.45, 2.75) is 12.5 Å². The van der Waals surface area contributed by atoms with Gasteiger partial charge in [-0.25, -0.2) is 4.79 Å². The van der Waals surface area contributed by atoms with Crippen LogP contribution in [-0.4, -0.2) is 35.5 Å². The molecule has 1 unspecified atom stereocenters. The van der Waals surface area contributed by atoms with E-state index in [-0.39, 0.29) is 28.9 Å². The van der Waals surface area contributed by atoms with E-state index >= 15 is 0 Å². The van der Waals surface area contributed by atoms with Crippen LogP contribution in [0.5, 0.6) is 11.5 Å². The number of phenolic OH excluding ortho intramolecular Hbond substituents is 1. The van der Waals surface area contributed by atoms with Crippen LogP contribution in [0.2, 0.25) is 0 Å². The van der Waals surface area contributed by atoms with Crippen molar-refractivity contribution in [3.05, 3.63) is 17.7 Å². The van der Waals surface area contributed by atoms with Crippen molar-refractivity contribution in [1.29, 1.82) is 0 Å². The highest BCUT2D eigenvalue weighted by molar-refractivity contribution is 5.94. The molecule has 4 N–H and O–H groups in total. The molecule has 0 amide bonds. The lowest BCUT2D eigenvalue weighted by Gasteiger charge is -2.14. The molecule has 2 rings (SSSR count). The summed E-state index contributed by atoms with van der Waals surface area (Å²) in [6, 6.07) is 2.40. The molecule has 1 aliphatic heterocycles. The zero-order valence-corrected chi connectivity index (χ0v) is 9.05. The largest absolute Gasteiger partial charge is 0.504 e. The van der Waals surface area contributed by atoms with Crippen LogP contribution in [0, 0.1) is 0 Å². The van der Waals surface area contributed by atoms with Crippen molar-refractivity contribution in [2.24, 2.45) is 0 Å². The van der Waals surface area contributed by atoms with Gasteiger partial charge < -0.3 is 25.4 Å². The van der Waals surface area contributed by atoms with Crippen LogP contribution in [0.15, 0.2) is 12.1 Å². The molecule has 0 aliphatic carbocycles. The number of anilines is 1. The van der Waals surface area contributed by atoms with E-state index in [0.717, 1.165) is 0 Å². The molecule has 0 bridgehead atoms. The Hall–Kier alpha value is -1.95. The van der Waals surface area contributed by atoms with E-state index in [0.29, 0.717) is 19.6 Å². The van der Waals surface area contributed by atoms with Crippen molar-refractivity contribution < 1.29 is 24.5 Å². The summed E-state index contributed by atoms with van der Waals surface area (Å²) in [5.41, 5.74) is 5.40. The standard InChI is InChI=1S/C11H13NO5/c12-8-4-9(13)10(3-7(8)11(14)15)17-6-1-2-16-5-6/h3-4,6,13H,1-2,5,12H2,(H,14,15). The lowest BCUT2D eigenvalue weighted by Crippen LogP contribution is -2.16. The number of benzene rings is 1. The average molecular weight is 239 g/mol. The Morgan fingerprint density at radius 1 is 1.53 bits per heavy atom. The fourth-order valence-corrected chi connectivity index (χ4v) is 1.65. The minimum Gasteiger partial charge on any atom is -0.504 e. The smallest absolute Gasteiger partial charge is 0.337 e. The number of aromatic hydroxyl groups is 1. The van der Waals surface area contributed by atoms with E-state index < -0.39 is 5.97 Å². The number of rotatable bonds is 3. The summed E-state index contributed by atoms with van der Waals surface area (Å²) in [4.78, 5) is 10.9. The number of nitrogens with two attached hydrogens (primary N) is 1. The minimum absolute atomic E-state index is 0.00465. The third-order valence-corrected chi connectivity index (χ3v) is 2.54. The molecule has 1 heterocycles. The van der Waals surface area contributed by atoms with Crippen LogP contribution < -0.4 is 10.5 Å². The third kappa shape index (κ3) is 2.42. The van der Waals surface area contributed by atoms with E-state index in [2.05, 4.69) is 0 Å². The Bertz CT molecular complexity index is 440. The van der Waals surface area contributed by atoms with Crippen molar-refractivity contribution in [2.75, 3.05) is 18.9 Å². The maximum Gasteiger partial charge on any atom is 0.337 e. The van der Waals surface area contributed by atoms with Gasteiger partial charge in [0.2, 0.25) is 0 Å². The van der Waals surface area contributed by atoms with Crippen LogP contribution in [0.4, 0.5) is 5.69 Å². The van der Waals surface area contributed by atoms with Crippen molar-refractivity contribution in [1.82, 2.24) is 0 Å². The van der Waals surface area contributed by atoms with Crippen molar-refractivity contribution in [3.8, 4) is 11.5 Å². The number of carboxylic acids is 1. The fourth-order valence-electron chi connectivity index (χ4n) is 1.65. The summed E-state index contributed by atoms with van der Waals surface area (Å²) in [6.07, 6.45) is 0.554. The third-order valence-electron chi connectivity index (χ3n) is 2.54. The summed E-state index contributed by atoms with van der Waals surface area (Å²) in [6.45, 7) is 1.04. The molecule has 17 heavy (non-hydrogen) atoms. The first kappa shape index (κ1) is 11.5. The quantitative estimate of drug-likeness (QED) is 0.675. The second-order valence-corrected chi connectivity index (χ2v) is 3.82. The molecule has 0 spiro atoms. The van der Waals surface area contributed by atoms with Gasteiger partial charge in [0.1, 0.15) is 6.10 Å². The Morgan fingerprint density at radius 3 is 2.88 bits per heavy atom. The van der Waals surface area contributed by atoms with Gasteiger partial charge in [-0.2, -0.15) is 0 Å². The SMILES string of the molecule is Nc1cc(O)c(OC2CCOC2)cc1C(=O)O. The van der Waals surface area contributed by atoms with E-state index in [4.69, 9.17) is 20.3 Å². The maximum atomic E-state index is 10.9. The Balaban J connectivity index is 2.26. The van der Waals surface area contributed by atoms with Crippen LogP contribution in [0.3, 0.4) is 0 Å². The van der Waals surface area contributed by atoms with E-state index in [9.17, 15) is 9.90 Å². The van der Waals surface area contributed by atoms with Gasteiger partial charge in [-0.05, 0) is 0 Å². The highest BCUT2D eigenvalue weighted by Crippen LogP contribution is 2.32. The number of ether oxygens (including phenoxy) is 2. The summed E-state index contributed by atoms with van der Waals surface area (Å²) >= 11 is 0. The molecule has 6 heteroatoms. The summed E-state index contributed by atoms with van der Waals surface area (Å²) in [7, 11) is 0. The molecule has 92 valence electrons. The number of carbonyl (C=O) groups is 1. The molecule has 1 aromatic carbocycles. The number of nitrogen functional groups attached to an aromatic ring is 1. The zero-order chi connectivity index (χ0) is 12.4. The van der Waals surface area contributed by atoms with Gasteiger partial charge in [0, 0.05) is 18.6 Å². The fraction of sp³-hybridized carbons (Fsp3) is 0.364. The van der Waals surface area contributed by atoms with Crippen molar-refractivity contribution >= 4 is 11.7 Å². The molecular weight excluding hydrogens is 226 g/mol. The Labute approximate surface area is 97.6 Å². The second-order valence-electron chi connectivity index (χ2n) is 3.82. The van der Waals surface area contributed by atoms with Gasteiger partial charge in [0.15, 0.2) is 11.5 Å².